The molecular formula is C18H15ClN2. The summed E-state index contributed by atoms with van der Waals surface area (Å²) in [5, 5.41) is 3.27. The Morgan fingerprint density at radius 2 is 1.86 bits per heavy atom. The molecule has 2 N–H and O–H groups in total. The Morgan fingerprint density at radius 3 is 2.71 bits per heavy atom. The highest BCUT2D eigenvalue weighted by Crippen LogP contribution is 2.27. The van der Waals surface area contributed by atoms with Crippen LogP contribution in [0.2, 0.25) is 5.02 Å². The van der Waals surface area contributed by atoms with Crippen LogP contribution < -0.4 is 0 Å². The molecule has 21 heavy (non-hydrogen) atoms. The summed E-state index contributed by atoms with van der Waals surface area (Å²) < 4.78 is 0. The number of fused-ring (bicyclic) bond motifs is 2. The number of aromatic nitrogens is 2. The van der Waals surface area contributed by atoms with E-state index in [1.807, 2.05) is 18.2 Å². The largest absolute Gasteiger partial charge is 0.361 e. The molecule has 104 valence electrons. The van der Waals surface area contributed by atoms with Crippen LogP contribution >= 0.6 is 11.6 Å². The van der Waals surface area contributed by atoms with Gasteiger partial charge in [-0.1, -0.05) is 29.8 Å². The monoisotopic (exact) mass is 294 g/mol. The van der Waals surface area contributed by atoms with E-state index < -0.39 is 0 Å². The summed E-state index contributed by atoms with van der Waals surface area (Å²) in [4.78, 5) is 6.85. The summed E-state index contributed by atoms with van der Waals surface area (Å²) in [7, 11) is 0. The lowest BCUT2D eigenvalue weighted by Gasteiger charge is -2.00. The van der Waals surface area contributed by atoms with Crippen molar-refractivity contribution in [1.82, 2.24) is 9.97 Å². The second-order valence-corrected chi connectivity index (χ2v) is 5.89. The van der Waals surface area contributed by atoms with Crippen LogP contribution in [0.5, 0.6) is 0 Å². The van der Waals surface area contributed by atoms with Gasteiger partial charge in [0.05, 0.1) is 0 Å². The van der Waals surface area contributed by atoms with E-state index in [4.69, 9.17) is 11.6 Å². The van der Waals surface area contributed by atoms with Gasteiger partial charge in [-0.25, -0.2) is 0 Å². The minimum Gasteiger partial charge on any atom is -0.361 e. The van der Waals surface area contributed by atoms with Gasteiger partial charge in [-0.2, -0.15) is 0 Å². The molecule has 0 aliphatic rings. The van der Waals surface area contributed by atoms with E-state index in [-0.39, 0.29) is 0 Å². The highest BCUT2D eigenvalue weighted by Gasteiger charge is 2.10. The zero-order valence-corrected chi connectivity index (χ0v) is 12.5. The van der Waals surface area contributed by atoms with Crippen LogP contribution in [0.1, 0.15) is 16.8 Å². The van der Waals surface area contributed by atoms with Crippen LogP contribution in [0.4, 0.5) is 0 Å². The third kappa shape index (κ3) is 2.03. The number of aromatic amines is 2. The first kappa shape index (κ1) is 12.5. The average molecular weight is 295 g/mol. The van der Waals surface area contributed by atoms with Gasteiger partial charge >= 0.3 is 0 Å². The quantitative estimate of drug-likeness (QED) is 0.509. The van der Waals surface area contributed by atoms with Crippen molar-refractivity contribution < 1.29 is 0 Å². The predicted octanol–water partition coefficient (Wildman–Crippen LogP) is 5.20. The van der Waals surface area contributed by atoms with Gasteiger partial charge in [0.25, 0.3) is 0 Å². The van der Waals surface area contributed by atoms with Gasteiger partial charge in [0.2, 0.25) is 0 Å². The van der Waals surface area contributed by atoms with Gasteiger partial charge in [-0.05, 0) is 42.3 Å². The van der Waals surface area contributed by atoms with E-state index in [9.17, 15) is 0 Å². The highest BCUT2D eigenvalue weighted by molar-refractivity contribution is 6.31. The van der Waals surface area contributed by atoms with Crippen LogP contribution in [0.3, 0.4) is 0 Å². The number of aryl methyl sites for hydroxylation is 1. The van der Waals surface area contributed by atoms with Crippen molar-refractivity contribution in [1.29, 1.82) is 0 Å². The lowest BCUT2D eigenvalue weighted by atomic mass is 10.1. The third-order valence-corrected chi connectivity index (χ3v) is 4.40. The molecule has 0 aliphatic carbocycles. The molecule has 0 fully saturated rings. The summed E-state index contributed by atoms with van der Waals surface area (Å²) in [5.41, 5.74) is 6.17. The number of nitrogens with one attached hydrogen (secondary N) is 2. The fourth-order valence-corrected chi connectivity index (χ4v) is 3.17. The average Bonchev–Trinajstić information content (AvgIpc) is 3.02. The Morgan fingerprint density at radius 1 is 1.00 bits per heavy atom. The standard InChI is InChI=1S/C18H15ClN2/c1-11-14-4-2-3-5-17(14)21-18(11)8-12-10-20-16-7-6-13(19)9-15(12)16/h2-7,9-10,20-21H,8H2,1H3. The number of hydrogen-bond acceptors (Lipinski definition) is 0. The van der Waals surface area contributed by atoms with Crippen molar-refractivity contribution in [3.8, 4) is 0 Å². The number of rotatable bonds is 2. The van der Waals surface area contributed by atoms with Crippen molar-refractivity contribution in [3.63, 3.8) is 0 Å². The maximum Gasteiger partial charge on any atom is 0.0458 e. The van der Waals surface area contributed by atoms with Crippen LogP contribution in [0.25, 0.3) is 21.8 Å². The number of benzene rings is 2. The molecular weight excluding hydrogens is 280 g/mol. The highest BCUT2D eigenvalue weighted by atomic mass is 35.5. The van der Waals surface area contributed by atoms with Crippen molar-refractivity contribution in [2.24, 2.45) is 0 Å². The molecule has 0 bridgehead atoms. The van der Waals surface area contributed by atoms with Gasteiger partial charge in [-0.3, -0.25) is 0 Å². The van der Waals surface area contributed by atoms with E-state index in [1.54, 1.807) is 0 Å². The van der Waals surface area contributed by atoms with E-state index >= 15 is 0 Å². The van der Waals surface area contributed by atoms with Crippen molar-refractivity contribution in [3.05, 3.63) is 70.5 Å². The number of para-hydroxylation sites is 1. The van der Waals surface area contributed by atoms with Crippen molar-refractivity contribution in [2.45, 2.75) is 13.3 Å². The Kier molecular flexibility index (Phi) is 2.79. The van der Waals surface area contributed by atoms with Gasteiger partial charge in [0.1, 0.15) is 0 Å². The topological polar surface area (TPSA) is 31.6 Å². The molecule has 2 aromatic carbocycles. The molecule has 0 amide bonds. The lowest BCUT2D eigenvalue weighted by Crippen LogP contribution is -1.89. The molecule has 4 aromatic rings. The number of halogens is 1. The molecule has 2 heterocycles. The molecule has 0 unspecified atom stereocenters. The summed E-state index contributed by atoms with van der Waals surface area (Å²) in [6.45, 7) is 2.18. The fraction of sp³-hybridized carbons (Fsp3) is 0.111. The molecule has 0 spiro atoms. The molecule has 0 radical (unpaired) electrons. The minimum absolute atomic E-state index is 0.775. The van der Waals surface area contributed by atoms with Crippen LogP contribution in [0, 0.1) is 6.92 Å². The fourth-order valence-electron chi connectivity index (χ4n) is 3.00. The number of hydrogen-bond donors (Lipinski definition) is 2. The zero-order chi connectivity index (χ0) is 14.4. The first-order valence-corrected chi connectivity index (χ1v) is 7.42. The maximum atomic E-state index is 6.12. The summed E-state index contributed by atoms with van der Waals surface area (Å²) >= 11 is 6.12. The van der Waals surface area contributed by atoms with Gasteiger partial charge < -0.3 is 9.97 Å². The molecule has 0 saturated carbocycles. The first-order chi connectivity index (χ1) is 10.2. The van der Waals surface area contributed by atoms with Crippen molar-refractivity contribution in [2.75, 3.05) is 0 Å². The Bertz CT molecular complexity index is 946. The molecule has 2 nitrogen and oxygen atoms in total. The van der Waals surface area contributed by atoms with E-state index in [0.29, 0.717) is 0 Å². The van der Waals surface area contributed by atoms with Crippen LogP contribution in [-0.2, 0) is 6.42 Å². The minimum atomic E-state index is 0.775. The van der Waals surface area contributed by atoms with Crippen molar-refractivity contribution >= 4 is 33.4 Å². The second-order valence-electron chi connectivity index (χ2n) is 5.45. The SMILES string of the molecule is Cc1c(Cc2c[nH]c3ccc(Cl)cc23)[nH]c2ccccc12. The van der Waals surface area contributed by atoms with Gasteiger partial charge in [0.15, 0.2) is 0 Å². The molecule has 3 heteroatoms. The van der Waals surface area contributed by atoms with Crippen LogP contribution in [0.15, 0.2) is 48.7 Å². The molecule has 4 rings (SSSR count). The van der Waals surface area contributed by atoms with Gasteiger partial charge in [-0.15, -0.1) is 0 Å². The number of H-pyrrole nitrogens is 2. The third-order valence-electron chi connectivity index (χ3n) is 4.17. The zero-order valence-electron chi connectivity index (χ0n) is 11.7. The predicted molar refractivity (Wildman–Crippen MR) is 89.2 cm³/mol. The maximum absolute atomic E-state index is 6.12. The summed E-state index contributed by atoms with van der Waals surface area (Å²) in [6, 6.07) is 14.4. The molecule has 0 atom stereocenters. The first-order valence-electron chi connectivity index (χ1n) is 7.04. The van der Waals surface area contributed by atoms with Crippen LogP contribution in [-0.4, -0.2) is 9.97 Å². The normalized spacial score (nSPS) is 11.5. The summed E-state index contributed by atoms with van der Waals surface area (Å²) in [6.07, 6.45) is 2.95. The smallest absolute Gasteiger partial charge is 0.0458 e. The second kappa shape index (κ2) is 4.68. The van der Waals surface area contributed by atoms with Gasteiger partial charge in [0, 0.05) is 45.1 Å². The molecule has 0 saturated heterocycles. The molecule has 2 aromatic heterocycles. The molecule has 0 aliphatic heterocycles. The summed E-state index contributed by atoms with van der Waals surface area (Å²) in [5.74, 6) is 0. The Balaban J connectivity index is 1.83. The van der Waals surface area contributed by atoms with E-state index in [1.165, 1.54) is 33.1 Å². The van der Waals surface area contributed by atoms with E-state index in [0.717, 1.165) is 17.0 Å². The Hall–Kier alpha value is -2.19. The Labute approximate surface area is 127 Å². The lowest BCUT2D eigenvalue weighted by molar-refractivity contribution is 1.10. The van der Waals surface area contributed by atoms with E-state index in [2.05, 4.69) is 47.4 Å².